The maximum atomic E-state index is 13.1. The lowest BCUT2D eigenvalue weighted by Gasteiger charge is -2.23. The Balaban J connectivity index is 2.54. The molecule has 0 heterocycles. The minimum absolute atomic E-state index is 0.133. The molecule has 1 aromatic carbocycles. The lowest BCUT2D eigenvalue weighted by Crippen LogP contribution is -2.39. The highest BCUT2D eigenvalue weighted by Gasteiger charge is 2.47. The molecule has 0 aliphatic rings. The van der Waals surface area contributed by atoms with Gasteiger partial charge in [0.1, 0.15) is 0 Å². The van der Waals surface area contributed by atoms with E-state index >= 15 is 0 Å². The highest BCUT2D eigenvalue weighted by Crippen LogP contribution is 2.29. The third-order valence-electron chi connectivity index (χ3n) is 2.38. The molecule has 1 atom stereocenters. The SMILES string of the molecule is O=C(OCCC(F)C(F)(F)S(=O)(=O)[O-])c1ccc(I)cc1. The Morgan fingerprint density at radius 1 is 1.33 bits per heavy atom. The van der Waals surface area contributed by atoms with Crippen LogP contribution in [0.2, 0.25) is 0 Å². The molecule has 118 valence electrons. The van der Waals surface area contributed by atoms with Crippen molar-refractivity contribution in [3.05, 3.63) is 33.4 Å². The first-order valence-electron chi connectivity index (χ1n) is 5.45. The number of carbonyl (C=O) groups excluding carboxylic acids is 1. The van der Waals surface area contributed by atoms with Crippen LogP contribution in [0, 0.1) is 3.57 Å². The molecule has 0 aliphatic carbocycles. The summed E-state index contributed by atoms with van der Waals surface area (Å²) in [4.78, 5) is 11.5. The molecule has 0 saturated heterocycles. The molecule has 5 nitrogen and oxygen atoms in total. The van der Waals surface area contributed by atoms with E-state index in [0.29, 0.717) is 0 Å². The summed E-state index contributed by atoms with van der Waals surface area (Å²) in [6.07, 6.45) is -4.35. The number of esters is 1. The van der Waals surface area contributed by atoms with Crippen LogP contribution < -0.4 is 0 Å². The van der Waals surface area contributed by atoms with Crippen LogP contribution in [0.25, 0.3) is 0 Å². The van der Waals surface area contributed by atoms with Gasteiger partial charge in [0, 0.05) is 9.99 Å². The molecule has 0 aromatic heterocycles. The van der Waals surface area contributed by atoms with Crippen molar-refractivity contribution in [1.29, 1.82) is 0 Å². The number of carbonyl (C=O) groups is 1. The lowest BCUT2D eigenvalue weighted by molar-refractivity contribution is -0.0169. The zero-order valence-electron chi connectivity index (χ0n) is 10.3. The quantitative estimate of drug-likeness (QED) is 0.388. The molecule has 21 heavy (non-hydrogen) atoms. The number of ether oxygens (including phenoxy) is 1. The maximum absolute atomic E-state index is 13.1. The summed E-state index contributed by atoms with van der Waals surface area (Å²) in [5.74, 6) is -0.869. The second-order valence-electron chi connectivity index (χ2n) is 3.91. The van der Waals surface area contributed by atoms with Gasteiger partial charge in [-0.15, -0.1) is 0 Å². The zero-order valence-corrected chi connectivity index (χ0v) is 13.2. The molecule has 0 bridgehead atoms. The van der Waals surface area contributed by atoms with Crippen LogP contribution in [0.3, 0.4) is 0 Å². The van der Waals surface area contributed by atoms with Crippen LogP contribution in [0.4, 0.5) is 13.2 Å². The van der Waals surface area contributed by atoms with Crippen molar-refractivity contribution >= 4 is 38.7 Å². The van der Waals surface area contributed by atoms with Gasteiger partial charge in [-0.3, -0.25) is 0 Å². The van der Waals surface area contributed by atoms with E-state index in [9.17, 15) is 30.9 Å². The fraction of sp³-hybridized carbons (Fsp3) is 0.364. The van der Waals surface area contributed by atoms with Crippen LogP contribution in [0.5, 0.6) is 0 Å². The van der Waals surface area contributed by atoms with E-state index in [2.05, 4.69) is 4.74 Å². The van der Waals surface area contributed by atoms with Gasteiger partial charge in [-0.05, 0) is 46.9 Å². The molecule has 0 N–H and O–H groups in total. The molecular formula is C11H9F3IO5S-. The molecule has 0 saturated carbocycles. The van der Waals surface area contributed by atoms with Crippen LogP contribution >= 0.6 is 22.6 Å². The average molecular weight is 437 g/mol. The van der Waals surface area contributed by atoms with Crippen LogP contribution in [-0.4, -0.2) is 37.0 Å². The summed E-state index contributed by atoms with van der Waals surface area (Å²) in [5.41, 5.74) is 0.133. The van der Waals surface area contributed by atoms with Crippen molar-refractivity contribution in [3.8, 4) is 0 Å². The number of alkyl halides is 3. The zero-order chi connectivity index (χ0) is 16.3. The first kappa shape index (κ1) is 18.2. The largest absolute Gasteiger partial charge is 0.743 e. The molecule has 0 spiro atoms. The van der Waals surface area contributed by atoms with Gasteiger partial charge in [-0.25, -0.2) is 17.6 Å². The molecular weight excluding hydrogens is 428 g/mol. The highest BCUT2D eigenvalue weighted by atomic mass is 127. The Labute approximate surface area is 132 Å². The molecule has 0 fully saturated rings. The molecule has 10 heteroatoms. The predicted molar refractivity (Wildman–Crippen MR) is 73.6 cm³/mol. The number of rotatable bonds is 6. The number of hydrogen-bond acceptors (Lipinski definition) is 5. The van der Waals surface area contributed by atoms with Crippen LogP contribution in [-0.2, 0) is 14.9 Å². The Morgan fingerprint density at radius 3 is 2.33 bits per heavy atom. The molecule has 1 unspecified atom stereocenters. The summed E-state index contributed by atoms with van der Waals surface area (Å²) in [6.45, 7) is -0.781. The average Bonchev–Trinajstić information content (AvgIpc) is 2.37. The van der Waals surface area contributed by atoms with Crippen LogP contribution in [0.15, 0.2) is 24.3 Å². The fourth-order valence-corrected chi connectivity index (χ4v) is 2.04. The standard InChI is InChI=1S/C11H10F3IO5S/c12-9(11(13,14)21(17,18)19)5-6-20-10(16)7-1-3-8(15)4-2-7/h1-4,9H,5-6H2,(H,17,18,19)/p-1. The summed E-state index contributed by atoms with van der Waals surface area (Å²) in [6, 6.07) is 6.06. The molecule has 0 amide bonds. The molecule has 1 rings (SSSR count). The first-order valence-corrected chi connectivity index (χ1v) is 7.94. The van der Waals surface area contributed by atoms with Crippen molar-refractivity contribution in [3.63, 3.8) is 0 Å². The lowest BCUT2D eigenvalue weighted by atomic mass is 10.2. The van der Waals surface area contributed by atoms with E-state index in [4.69, 9.17) is 0 Å². The third-order valence-corrected chi connectivity index (χ3v) is 4.02. The van der Waals surface area contributed by atoms with Gasteiger partial charge < -0.3 is 9.29 Å². The van der Waals surface area contributed by atoms with Crippen molar-refractivity contribution in [2.24, 2.45) is 0 Å². The van der Waals surface area contributed by atoms with Gasteiger partial charge in [0.15, 0.2) is 16.3 Å². The summed E-state index contributed by atoms with van der Waals surface area (Å²) in [7, 11) is -6.11. The number of benzene rings is 1. The second-order valence-corrected chi connectivity index (χ2v) is 6.61. The van der Waals surface area contributed by atoms with E-state index in [1.165, 1.54) is 12.1 Å². The van der Waals surface area contributed by atoms with E-state index in [-0.39, 0.29) is 5.56 Å². The van der Waals surface area contributed by atoms with E-state index < -0.39 is 40.5 Å². The summed E-state index contributed by atoms with van der Waals surface area (Å²) < 4.78 is 74.6. The maximum Gasteiger partial charge on any atom is 0.364 e. The fourth-order valence-electron chi connectivity index (χ4n) is 1.25. The third kappa shape index (κ3) is 4.81. The Kier molecular flexibility index (Phi) is 5.99. The molecule has 1 aromatic rings. The predicted octanol–water partition coefficient (Wildman–Crippen LogP) is 2.31. The monoisotopic (exact) mass is 437 g/mol. The first-order chi connectivity index (χ1) is 9.55. The summed E-state index contributed by atoms with van der Waals surface area (Å²) >= 11 is 2.00. The van der Waals surface area contributed by atoms with Gasteiger partial charge in [-0.2, -0.15) is 8.78 Å². The second kappa shape index (κ2) is 6.92. The topological polar surface area (TPSA) is 83.5 Å². The minimum Gasteiger partial charge on any atom is -0.743 e. The Hall–Kier alpha value is -0.880. The minimum atomic E-state index is -6.11. The van der Waals surface area contributed by atoms with Crippen LogP contribution in [0.1, 0.15) is 16.8 Å². The van der Waals surface area contributed by atoms with E-state index in [1.54, 1.807) is 12.1 Å². The van der Waals surface area contributed by atoms with Gasteiger partial charge in [0.25, 0.3) is 0 Å². The Bertz CT molecular complexity index is 603. The number of hydrogen-bond donors (Lipinski definition) is 0. The molecule has 0 aliphatic heterocycles. The smallest absolute Gasteiger partial charge is 0.364 e. The highest BCUT2D eigenvalue weighted by molar-refractivity contribution is 14.1. The molecule has 0 radical (unpaired) electrons. The normalized spacial score (nSPS) is 13.8. The van der Waals surface area contributed by atoms with Crippen molar-refractivity contribution in [2.45, 2.75) is 17.8 Å². The number of halogens is 4. The van der Waals surface area contributed by atoms with Gasteiger partial charge >= 0.3 is 11.2 Å². The summed E-state index contributed by atoms with van der Waals surface area (Å²) in [5, 5.41) is -5.05. The van der Waals surface area contributed by atoms with Crippen molar-refractivity contribution < 1.29 is 35.7 Å². The van der Waals surface area contributed by atoms with Crippen molar-refractivity contribution in [1.82, 2.24) is 0 Å². The van der Waals surface area contributed by atoms with E-state index in [1.807, 2.05) is 22.6 Å². The van der Waals surface area contributed by atoms with E-state index in [0.717, 1.165) is 3.57 Å². The Morgan fingerprint density at radius 2 is 1.86 bits per heavy atom. The van der Waals surface area contributed by atoms with Crippen molar-refractivity contribution in [2.75, 3.05) is 6.61 Å². The van der Waals surface area contributed by atoms with Gasteiger partial charge in [0.05, 0.1) is 12.2 Å². The van der Waals surface area contributed by atoms with Gasteiger partial charge in [0.2, 0.25) is 0 Å². The van der Waals surface area contributed by atoms with Gasteiger partial charge in [-0.1, -0.05) is 0 Å².